The van der Waals surface area contributed by atoms with Gasteiger partial charge in [0.1, 0.15) is 0 Å². The number of aromatic nitrogens is 2. The second kappa shape index (κ2) is 5.04. The zero-order chi connectivity index (χ0) is 12.3. The molecular weight excluding hydrogens is 212 g/mol. The predicted octanol–water partition coefficient (Wildman–Crippen LogP) is 2.87. The number of hydrogen-bond acceptors (Lipinski definition) is 1. The molecule has 0 aliphatic rings. The number of nitrogens with one attached hydrogen (secondary N) is 1. The van der Waals surface area contributed by atoms with Crippen LogP contribution >= 0.6 is 0 Å². The summed E-state index contributed by atoms with van der Waals surface area (Å²) >= 11 is 0. The molecule has 17 heavy (non-hydrogen) atoms. The number of nitrogens with zero attached hydrogens (tertiary/aromatic N) is 1. The summed E-state index contributed by atoms with van der Waals surface area (Å²) in [7, 11) is 0. The maximum atomic E-state index is 11.9. The molecule has 0 bridgehead atoms. The second-order valence-electron chi connectivity index (χ2n) is 4.36. The first kappa shape index (κ1) is 11.7. The highest BCUT2D eigenvalue weighted by Gasteiger charge is 2.15. The van der Waals surface area contributed by atoms with E-state index in [4.69, 9.17) is 0 Å². The Morgan fingerprint density at radius 3 is 2.53 bits per heavy atom. The van der Waals surface area contributed by atoms with E-state index < -0.39 is 0 Å². The molecule has 1 unspecified atom stereocenters. The van der Waals surface area contributed by atoms with Crippen molar-refractivity contribution in [2.75, 3.05) is 0 Å². The molecule has 1 aromatic heterocycles. The fourth-order valence-corrected chi connectivity index (χ4v) is 2.16. The Labute approximate surface area is 101 Å². The Balaban J connectivity index is 2.42. The van der Waals surface area contributed by atoms with Gasteiger partial charge < -0.3 is 0 Å². The van der Waals surface area contributed by atoms with Crippen LogP contribution in [0, 0.1) is 6.92 Å². The zero-order valence-electron chi connectivity index (χ0n) is 10.3. The van der Waals surface area contributed by atoms with Gasteiger partial charge in [0, 0.05) is 11.8 Å². The number of benzene rings is 1. The van der Waals surface area contributed by atoms with Gasteiger partial charge in [0.05, 0.1) is 6.04 Å². The number of aryl methyl sites for hydroxylation is 1. The number of hydrogen-bond donors (Lipinski definition) is 1. The third-order valence-corrected chi connectivity index (χ3v) is 2.93. The fourth-order valence-electron chi connectivity index (χ4n) is 2.16. The van der Waals surface area contributed by atoms with Crippen molar-refractivity contribution in [2.45, 2.75) is 32.7 Å². The lowest BCUT2D eigenvalue weighted by molar-refractivity contribution is 0.470. The number of rotatable bonds is 4. The molecule has 0 spiro atoms. The van der Waals surface area contributed by atoms with E-state index in [2.05, 4.69) is 24.2 Å². The van der Waals surface area contributed by atoms with E-state index in [-0.39, 0.29) is 11.6 Å². The Kier molecular flexibility index (Phi) is 3.47. The normalized spacial score (nSPS) is 12.6. The summed E-state index contributed by atoms with van der Waals surface area (Å²) in [5, 5.41) is 3.13. The first-order valence-electron chi connectivity index (χ1n) is 6.05. The van der Waals surface area contributed by atoms with E-state index in [1.807, 2.05) is 25.1 Å². The molecule has 3 heteroatoms. The van der Waals surface area contributed by atoms with Crippen molar-refractivity contribution in [1.82, 2.24) is 9.78 Å². The smallest absolute Gasteiger partial charge is 0.267 e. The molecule has 0 aliphatic carbocycles. The second-order valence-corrected chi connectivity index (χ2v) is 4.36. The van der Waals surface area contributed by atoms with Crippen LogP contribution in [-0.4, -0.2) is 9.78 Å². The lowest BCUT2D eigenvalue weighted by atomic mass is 10.0. The highest BCUT2D eigenvalue weighted by Crippen LogP contribution is 2.21. The molecule has 3 nitrogen and oxygen atoms in total. The number of H-pyrrole nitrogens is 1. The van der Waals surface area contributed by atoms with Crippen molar-refractivity contribution in [1.29, 1.82) is 0 Å². The summed E-state index contributed by atoms with van der Waals surface area (Å²) < 4.78 is 1.73. The fraction of sp³-hybridized carbons (Fsp3) is 0.357. The van der Waals surface area contributed by atoms with E-state index in [1.54, 1.807) is 10.7 Å². The van der Waals surface area contributed by atoms with Gasteiger partial charge in [-0.25, -0.2) is 4.68 Å². The molecule has 1 N–H and O–H groups in total. The largest absolute Gasteiger partial charge is 0.299 e. The van der Waals surface area contributed by atoms with Gasteiger partial charge in [-0.1, -0.05) is 43.7 Å². The summed E-state index contributed by atoms with van der Waals surface area (Å²) in [6.07, 6.45) is 2.01. The SMILES string of the molecule is CCCC(c1ccccc1)n1[nH]c(C)cc1=O. The lowest BCUT2D eigenvalue weighted by Crippen LogP contribution is -2.23. The Morgan fingerprint density at radius 2 is 2.00 bits per heavy atom. The molecule has 0 radical (unpaired) electrons. The van der Waals surface area contributed by atoms with Crippen molar-refractivity contribution in [3.63, 3.8) is 0 Å². The molecule has 90 valence electrons. The van der Waals surface area contributed by atoms with E-state index in [1.165, 1.54) is 5.56 Å². The summed E-state index contributed by atoms with van der Waals surface area (Å²) in [6.45, 7) is 4.04. The lowest BCUT2D eigenvalue weighted by Gasteiger charge is -2.17. The van der Waals surface area contributed by atoms with Gasteiger partial charge in [0.15, 0.2) is 0 Å². The van der Waals surface area contributed by atoms with E-state index >= 15 is 0 Å². The molecule has 1 atom stereocenters. The van der Waals surface area contributed by atoms with Gasteiger partial charge >= 0.3 is 0 Å². The summed E-state index contributed by atoms with van der Waals surface area (Å²) in [5.74, 6) is 0. The highest BCUT2D eigenvalue weighted by molar-refractivity contribution is 5.20. The first-order valence-corrected chi connectivity index (χ1v) is 6.05. The molecular formula is C14H18N2O. The van der Waals surface area contributed by atoms with Gasteiger partial charge in [-0.2, -0.15) is 0 Å². The van der Waals surface area contributed by atoms with E-state index in [9.17, 15) is 4.79 Å². The minimum Gasteiger partial charge on any atom is -0.299 e. The molecule has 0 amide bonds. The van der Waals surface area contributed by atoms with Crippen LogP contribution in [0.4, 0.5) is 0 Å². The van der Waals surface area contributed by atoms with Crippen LogP contribution in [0.5, 0.6) is 0 Å². The van der Waals surface area contributed by atoms with Crippen molar-refractivity contribution in [3.8, 4) is 0 Å². The summed E-state index contributed by atoms with van der Waals surface area (Å²) in [6, 6.07) is 11.9. The number of aromatic amines is 1. The minimum absolute atomic E-state index is 0.0461. The monoisotopic (exact) mass is 230 g/mol. The van der Waals surface area contributed by atoms with E-state index in [0.717, 1.165) is 18.5 Å². The summed E-state index contributed by atoms with van der Waals surface area (Å²) in [5.41, 5.74) is 2.13. The molecule has 0 aliphatic heterocycles. The predicted molar refractivity (Wildman–Crippen MR) is 69.3 cm³/mol. The van der Waals surface area contributed by atoms with Gasteiger partial charge in [0.25, 0.3) is 5.56 Å². The van der Waals surface area contributed by atoms with Crippen LogP contribution < -0.4 is 5.56 Å². The average Bonchev–Trinajstić information content (AvgIpc) is 2.66. The topological polar surface area (TPSA) is 37.8 Å². The highest BCUT2D eigenvalue weighted by atomic mass is 16.1. The maximum absolute atomic E-state index is 11.9. The van der Waals surface area contributed by atoms with Crippen molar-refractivity contribution >= 4 is 0 Å². The minimum atomic E-state index is 0.0461. The standard InChI is InChI=1S/C14H18N2O/c1-3-7-13(12-8-5-4-6-9-12)16-14(17)10-11(2)15-16/h4-6,8-10,13,15H,3,7H2,1-2H3. The van der Waals surface area contributed by atoms with Crippen LogP contribution in [0.2, 0.25) is 0 Å². The molecule has 1 aromatic carbocycles. The van der Waals surface area contributed by atoms with Crippen LogP contribution in [0.1, 0.15) is 37.1 Å². The Bertz CT molecular complexity index is 525. The van der Waals surface area contributed by atoms with Crippen LogP contribution in [0.15, 0.2) is 41.2 Å². The summed E-state index contributed by atoms with van der Waals surface area (Å²) in [4.78, 5) is 11.9. The molecule has 0 saturated carbocycles. The van der Waals surface area contributed by atoms with Gasteiger partial charge in [-0.05, 0) is 18.9 Å². The van der Waals surface area contributed by atoms with Gasteiger partial charge in [-0.15, -0.1) is 0 Å². The maximum Gasteiger partial charge on any atom is 0.267 e. The van der Waals surface area contributed by atoms with Crippen LogP contribution in [0.3, 0.4) is 0 Å². The van der Waals surface area contributed by atoms with Crippen molar-refractivity contribution < 1.29 is 0 Å². The van der Waals surface area contributed by atoms with Crippen molar-refractivity contribution in [3.05, 3.63) is 58.0 Å². The molecule has 1 heterocycles. The zero-order valence-corrected chi connectivity index (χ0v) is 10.3. The average molecular weight is 230 g/mol. The van der Waals surface area contributed by atoms with Crippen molar-refractivity contribution in [2.24, 2.45) is 0 Å². The van der Waals surface area contributed by atoms with E-state index in [0.29, 0.717) is 0 Å². The third kappa shape index (κ3) is 2.49. The molecule has 0 fully saturated rings. The van der Waals surface area contributed by atoms with Gasteiger partial charge in [0.2, 0.25) is 0 Å². The molecule has 2 aromatic rings. The Hall–Kier alpha value is -1.77. The van der Waals surface area contributed by atoms with Gasteiger partial charge in [-0.3, -0.25) is 9.89 Å². The molecule has 0 saturated heterocycles. The first-order chi connectivity index (χ1) is 8.22. The quantitative estimate of drug-likeness (QED) is 0.861. The third-order valence-electron chi connectivity index (χ3n) is 2.93. The van der Waals surface area contributed by atoms with Crippen LogP contribution in [0.25, 0.3) is 0 Å². The molecule has 2 rings (SSSR count). The Morgan fingerprint density at radius 1 is 1.29 bits per heavy atom. The van der Waals surface area contributed by atoms with Crippen LogP contribution in [-0.2, 0) is 0 Å².